The molecular weight excluding hydrogens is 432 g/mol. The number of amides is 2. The zero-order valence-corrected chi connectivity index (χ0v) is 17.7. The van der Waals surface area contributed by atoms with Crippen LogP contribution in [0.25, 0.3) is 0 Å². The maximum absolute atomic E-state index is 12.3. The molecule has 0 bridgehead atoms. The zero-order chi connectivity index (χ0) is 20.6. The molecule has 2 N–H and O–H groups in total. The number of carbonyl (C=O) groups excluding carboxylic acids is 2. The van der Waals surface area contributed by atoms with Gasteiger partial charge in [0.25, 0.3) is 5.91 Å². The van der Waals surface area contributed by atoms with Crippen LogP contribution in [0, 0.1) is 0 Å². The molecule has 0 aliphatic heterocycles. The minimum absolute atomic E-state index is 0.0170. The van der Waals surface area contributed by atoms with Crippen molar-refractivity contribution in [3.05, 3.63) is 88.3 Å². The van der Waals surface area contributed by atoms with Crippen LogP contribution < -0.4 is 10.6 Å². The molecule has 0 saturated carbocycles. The Labute approximate surface area is 178 Å². The smallest absolute Gasteiger partial charge is 0.291 e. The molecule has 0 aliphatic rings. The SMILES string of the molecule is CCC(CNC(=O)Cc1ccc(NC(=O)c2ccc(Br)o2)cc1)c1ccccc1. The molecule has 29 heavy (non-hydrogen) atoms. The highest BCUT2D eigenvalue weighted by molar-refractivity contribution is 9.10. The molecule has 0 radical (unpaired) electrons. The van der Waals surface area contributed by atoms with Gasteiger partial charge in [-0.2, -0.15) is 0 Å². The highest BCUT2D eigenvalue weighted by Gasteiger charge is 2.12. The number of furan rings is 1. The van der Waals surface area contributed by atoms with Gasteiger partial charge in [0.05, 0.1) is 6.42 Å². The second-order valence-corrected chi connectivity index (χ2v) is 7.53. The lowest BCUT2D eigenvalue weighted by molar-refractivity contribution is -0.120. The second kappa shape index (κ2) is 10.1. The summed E-state index contributed by atoms with van der Waals surface area (Å²) in [7, 11) is 0. The van der Waals surface area contributed by atoms with Crippen molar-refractivity contribution in [2.75, 3.05) is 11.9 Å². The molecule has 0 fully saturated rings. The van der Waals surface area contributed by atoms with Crippen LogP contribution in [0.2, 0.25) is 0 Å². The molecular formula is C23H23BrN2O3. The lowest BCUT2D eigenvalue weighted by Crippen LogP contribution is -2.29. The quantitative estimate of drug-likeness (QED) is 0.494. The molecule has 150 valence electrons. The van der Waals surface area contributed by atoms with Gasteiger partial charge < -0.3 is 15.1 Å². The van der Waals surface area contributed by atoms with Crippen LogP contribution in [0.15, 0.2) is 75.8 Å². The van der Waals surface area contributed by atoms with Gasteiger partial charge in [0.1, 0.15) is 0 Å². The summed E-state index contributed by atoms with van der Waals surface area (Å²) in [4.78, 5) is 24.4. The first kappa shape index (κ1) is 20.9. The van der Waals surface area contributed by atoms with Gasteiger partial charge in [0.2, 0.25) is 5.91 Å². The van der Waals surface area contributed by atoms with Gasteiger partial charge in [0.15, 0.2) is 10.4 Å². The number of hydrogen-bond acceptors (Lipinski definition) is 3. The summed E-state index contributed by atoms with van der Waals surface area (Å²) in [5.74, 6) is 0.188. The maximum Gasteiger partial charge on any atom is 0.291 e. The van der Waals surface area contributed by atoms with Crippen molar-refractivity contribution >= 4 is 33.4 Å². The first-order chi connectivity index (χ1) is 14.0. The number of carbonyl (C=O) groups is 2. The molecule has 1 atom stereocenters. The summed E-state index contributed by atoms with van der Waals surface area (Å²) >= 11 is 3.17. The first-order valence-corrected chi connectivity index (χ1v) is 10.3. The number of rotatable bonds is 8. The number of benzene rings is 2. The summed E-state index contributed by atoms with van der Waals surface area (Å²) in [6, 6.07) is 20.7. The molecule has 2 aromatic carbocycles. The average molecular weight is 455 g/mol. The van der Waals surface area contributed by atoms with Gasteiger partial charge >= 0.3 is 0 Å². The molecule has 6 heteroatoms. The van der Waals surface area contributed by atoms with Crippen LogP contribution in [0.1, 0.15) is 40.9 Å². The van der Waals surface area contributed by atoms with E-state index in [-0.39, 0.29) is 17.6 Å². The minimum Gasteiger partial charge on any atom is -0.444 e. The zero-order valence-electron chi connectivity index (χ0n) is 16.2. The van der Waals surface area contributed by atoms with Crippen LogP contribution in [-0.4, -0.2) is 18.4 Å². The Hall–Kier alpha value is -2.86. The molecule has 5 nitrogen and oxygen atoms in total. The highest BCUT2D eigenvalue weighted by atomic mass is 79.9. The highest BCUT2D eigenvalue weighted by Crippen LogP contribution is 2.19. The number of hydrogen-bond donors (Lipinski definition) is 2. The lowest BCUT2D eigenvalue weighted by Gasteiger charge is -2.16. The van der Waals surface area contributed by atoms with Crippen molar-refractivity contribution in [3.63, 3.8) is 0 Å². The topological polar surface area (TPSA) is 71.3 Å². The van der Waals surface area contributed by atoms with Crippen molar-refractivity contribution in [1.82, 2.24) is 5.32 Å². The maximum atomic E-state index is 12.3. The van der Waals surface area contributed by atoms with E-state index in [1.165, 1.54) is 5.56 Å². The Morgan fingerprint density at radius 2 is 1.72 bits per heavy atom. The predicted molar refractivity (Wildman–Crippen MR) is 117 cm³/mol. The third-order valence-electron chi connectivity index (χ3n) is 4.68. The predicted octanol–water partition coefficient (Wildman–Crippen LogP) is 5.15. The van der Waals surface area contributed by atoms with E-state index in [4.69, 9.17) is 4.42 Å². The van der Waals surface area contributed by atoms with E-state index in [1.807, 2.05) is 30.3 Å². The van der Waals surface area contributed by atoms with Crippen molar-refractivity contribution < 1.29 is 14.0 Å². The van der Waals surface area contributed by atoms with Crippen molar-refractivity contribution in [2.45, 2.75) is 25.7 Å². The monoisotopic (exact) mass is 454 g/mol. The molecule has 0 saturated heterocycles. The van der Waals surface area contributed by atoms with Gasteiger partial charge in [0, 0.05) is 18.2 Å². The standard InChI is InChI=1S/C23H23BrN2O3/c1-2-17(18-6-4-3-5-7-18)15-25-22(27)14-16-8-10-19(11-9-16)26-23(28)20-12-13-21(24)29-20/h3-13,17H,2,14-15H2,1H3,(H,25,27)(H,26,28). The summed E-state index contributed by atoms with van der Waals surface area (Å²) in [6.45, 7) is 2.74. The van der Waals surface area contributed by atoms with Crippen LogP contribution in [-0.2, 0) is 11.2 Å². The van der Waals surface area contributed by atoms with Gasteiger partial charge in [-0.1, -0.05) is 49.4 Å². The van der Waals surface area contributed by atoms with Gasteiger partial charge in [-0.15, -0.1) is 0 Å². The van der Waals surface area contributed by atoms with Crippen LogP contribution in [0.4, 0.5) is 5.69 Å². The van der Waals surface area contributed by atoms with E-state index in [1.54, 1.807) is 24.3 Å². The van der Waals surface area contributed by atoms with E-state index in [9.17, 15) is 9.59 Å². The largest absolute Gasteiger partial charge is 0.444 e. The molecule has 2 amide bonds. The van der Waals surface area contributed by atoms with E-state index in [0.717, 1.165) is 12.0 Å². The van der Waals surface area contributed by atoms with Gasteiger partial charge in [-0.05, 0) is 57.7 Å². The number of anilines is 1. The third-order valence-corrected chi connectivity index (χ3v) is 5.11. The first-order valence-electron chi connectivity index (χ1n) is 9.52. The Balaban J connectivity index is 1.50. The summed E-state index contributed by atoms with van der Waals surface area (Å²) in [6.07, 6.45) is 1.26. The number of nitrogens with one attached hydrogen (secondary N) is 2. The van der Waals surface area contributed by atoms with E-state index in [0.29, 0.717) is 29.2 Å². The number of halogens is 1. The van der Waals surface area contributed by atoms with Crippen LogP contribution in [0.5, 0.6) is 0 Å². The molecule has 3 rings (SSSR count). The Morgan fingerprint density at radius 1 is 1.00 bits per heavy atom. The fraction of sp³-hybridized carbons (Fsp3) is 0.217. The second-order valence-electron chi connectivity index (χ2n) is 6.75. The summed E-state index contributed by atoms with van der Waals surface area (Å²) < 4.78 is 5.73. The Morgan fingerprint density at radius 3 is 2.34 bits per heavy atom. The fourth-order valence-electron chi connectivity index (χ4n) is 3.04. The molecule has 1 unspecified atom stereocenters. The van der Waals surface area contributed by atoms with Gasteiger partial charge in [-0.25, -0.2) is 0 Å². The molecule has 3 aromatic rings. The van der Waals surface area contributed by atoms with E-state index < -0.39 is 0 Å². The summed E-state index contributed by atoms with van der Waals surface area (Å²) in [5, 5.41) is 5.79. The van der Waals surface area contributed by atoms with Crippen molar-refractivity contribution in [2.24, 2.45) is 0 Å². The molecule has 0 spiro atoms. The molecule has 0 aliphatic carbocycles. The fourth-order valence-corrected chi connectivity index (χ4v) is 3.35. The molecule has 1 aromatic heterocycles. The van der Waals surface area contributed by atoms with Crippen molar-refractivity contribution in [3.8, 4) is 0 Å². The third kappa shape index (κ3) is 6.06. The van der Waals surface area contributed by atoms with Crippen LogP contribution in [0.3, 0.4) is 0 Å². The molecule has 1 heterocycles. The summed E-state index contributed by atoms with van der Waals surface area (Å²) in [5.41, 5.74) is 2.76. The van der Waals surface area contributed by atoms with E-state index in [2.05, 4.69) is 45.6 Å². The van der Waals surface area contributed by atoms with Crippen molar-refractivity contribution in [1.29, 1.82) is 0 Å². The Kier molecular flexibility index (Phi) is 7.25. The van der Waals surface area contributed by atoms with Crippen LogP contribution >= 0.6 is 15.9 Å². The normalized spacial score (nSPS) is 11.7. The Bertz CT molecular complexity index is 952. The average Bonchev–Trinajstić information content (AvgIpc) is 3.17. The lowest BCUT2D eigenvalue weighted by atomic mass is 9.96. The van der Waals surface area contributed by atoms with Gasteiger partial charge in [-0.3, -0.25) is 9.59 Å². The van der Waals surface area contributed by atoms with E-state index >= 15 is 0 Å². The minimum atomic E-state index is -0.326.